The van der Waals surface area contributed by atoms with Crippen LogP contribution in [0.15, 0.2) is 12.5 Å². The first-order valence-corrected chi connectivity index (χ1v) is 6.27. The molecule has 1 heterocycles. The molecule has 0 saturated heterocycles. The first-order valence-electron chi connectivity index (χ1n) is 6.27. The SMILES string of the molecule is CNC(=O)C(C)(C)Cn1cncc1C(N)C(C)C. The van der Waals surface area contributed by atoms with Gasteiger partial charge < -0.3 is 15.6 Å². The maximum absolute atomic E-state index is 11.8. The van der Waals surface area contributed by atoms with Gasteiger partial charge in [0.2, 0.25) is 5.91 Å². The average molecular weight is 252 g/mol. The summed E-state index contributed by atoms with van der Waals surface area (Å²) in [5, 5.41) is 2.69. The van der Waals surface area contributed by atoms with Gasteiger partial charge in [0, 0.05) is 25.8 Å². The lowest BCUT2D eigenvalue weighted by molar-refractivity contribution is -0.129. The van der Waals surface area contributed by atoms with Crippen molar-refractivity contribution in [1.82, 2.24) is 14.9 Å². The van der Waals surface area contributed by atoms with Gasteiger partial charge in [-0.25, -0.2) is 4.98 Å². The highest BCUT2D eigenvalue weighted by Crippen LogP contribution is 2.23. The summed E-state index contributed by atoms with van der Waals surface area (Å²) in [5.41, 5.74) is 6.64. The summed E-state index contributed by atoms with van der Waals surface area (Å²) in [7, 11) is 1.65. The molecule has 0 aliphatic heterocycles. The second kappa shape index (κ2) is 5.52. The monoisotopic (exact) mass is 252 g/mol. The first-order chi connectivity index (χ1) is 8.29. The molecule has 0 bridgehead atoms. The predicted octanol–water partition coefficient (Wildman–Crippen LogP) is 1.31. The highest BCUT2D eigenvalue weighted by Gasteiger charge is 2.28. The summed E-state index contributed by atoms with van der Waals surface area (Å²) in [4.78, 5) is 15.9. The number of imidazole rings is 1. The molecule has 0 aliphatic rings. The molecule has 1 atom stereocenters. The van der Waals surface area contributed by atoms with Gasteiger partial charge in [0.05, 0.1) is 17.4 Å². The molecular weight excluding hydrogens is 228 g/mol. The lowest BCUT2D eigenvalue weighted by atomic mass is 9.91. The van der Waals surface area contributed by atoms with Gasteiger partial charge in [-0.3, -0.25) is 4.79 Å². The molecule has 18 heavy (non-hydrogen) atoms. The van der Waals surface area contributed by atoms with Crippen molar-refractivity contribution in [3.63, 3.8) is 0 Å². The zero-order chi connectivity index (χ0) is 13.9. The zero-order valence-electron chi connectivity index (χ0n) is 11.9. The minimum Gasteiger partial charge on any atom is -0.359 e. The van der Waals surface area contributed by atoms with Crippen LogP contribution < -0.4 is 11.1 Å². The van der Waals surface area contributed by atoms with E-state index >= 15 is 0 Å². The van der Waals surface area contributed by atoms with Gasteiger partial charge in [-0.2, -0.15) is 0 Å². The number of nitrogens with two attached hydrogens (primary N) is 1. The topological polar surface area (TPSA) is 72.9 Å². The van der Waals surface area contributed by atoms with Crippen LogP contribution in [0.4, 0.5) is 0 Å². The minimum absolute atomic E-state index is 0.0141. The van der Waals surface area contributed by atoms with Crippen molar-refractivity contribution in [3.8, 4) is 0 Å². The molecule has 0 aliphatic carbocycles. The number of carbonyl (C=O) groups is 1. The Hall–Kier alpha value is -1.36. The van der Waals surface area contributed by atoms with E-state index in [0.717, 1.165) is 5.69 Å². The maximum Gasteiger partial charge on any atom is 0.227 e. The van der Waals surface area contributed by atoms with E-state index in [0.29, 0.717) is 12.5 Å². The molecule has 0 saturated carbocycles. The number of nitrogens with one attached hydrogen (secondary N) is 1. The van der Waals surface area contributed by atoms with Gasteiger partial charge in [0.25, 0.3) is 0 Å². The van der Waals surface area contributed by atoms with E-state index in [1.807, 2.05) is 18.4 Å². The van der Waals surface area contributed by atoms with Gasteiger partial charge in [-0.15, -0.1) is 0 Å². The van der Waals surface area contributed by atoms with Crippen LogP contribution in [0, 0.1) is 11.3 Å². The summed E-state index contributed by atoms with van der Waals surface area (Å²) in [6.45, 7) is 8.55. The van der Waals surface area contributed by atoms with E-state index in [9.17, 15) is 4.79 Å². The Morgan fingerprint density at radius 3 is 2.67 bits per heavy atom. The Labute approximate surface area is 109 Å². The molecule has 1 rings (SSSR count). The lowest BCUT2D eigenvalue weighted by Gasteiger charge is -2.26. The molecule has 1 amide bonds. The third-order valence-electron chi connectivity index (χ3n) is 3.21. The Morgan fingerprint density at radius 2 is 2.17 bits per heavy atom. The molecule has 0 aromatic carbocycles. The number of carbonyl (C=O) groups excluding carboxylic acids is 1. The largest absolute Gasteiger partial charge is 0.359 e. The first kappa shape index (κ1) is 14.7. The number of aromatic nitrogens is 2. The van der Waals surface area contributed by atoms with E-state index in [1.165, 1.54) is 0 Å². The predicted molar refractivity (Wildman–Crippen MR) is 71.8 cm³/mol. The van der Waals surface area contributed by atoms with E-state index < -0.39 is 5.41 Å². The van der Waals surface area contributed by atoms with E-state index in [2.05, 4.69) is 24.1 Å². The molecule has 5 nitrogen and oxygen atoms in total. The molecule has 0 fully saturated rings. The summed E-state index contributed by atoms with van der Waals surface area (Å²) in [5.74, 6) is 0.351. The molecule has 3 N–H and O–H groups in total. The highest BCUT2D eigenvalue weighted by atomic mass is 16.2. The molecule has 1 aromatic heterocycles. The normalized spacial score (nSPS) is 13.7. The van der Waals surface area contributed by atoms with Crippen LogP contribution in [0.25, 0.3) is 0 Å². The number of nitrogens with zero attached hydrogens (tertiary/aromatic N) is 2. The lowest BCUT2D eigenvalue weighted by Crippen LogP contribution is -2.38. The number of hydrogen-bond acceptors (Lipinski definition) is 3. The van der Waals surface area contributed by atoms with E-state index in [4.69, 9.17) is 5.73 Å². The second-order valence-corrected chi connectivity index (χ2v) is 5.68. The highest BCUT2D eigenvalue weighted by molar-refractivity contribution is 5.81. The molecule has 1 unspecified atom stereocenters. The number of amides is 1. The smallest absolute Gasteiger partial charge is 0.227 e. The number of hydrogen-bond donors (Lipinski definition) is 2. The third-order valence-corrected chi connectivity index (χ3v) is 3.21. The van der Waals surface area contributed by atoms with Crippen molar-refractivity contribution in [3.05, 3.63) is 18.2 Å². The van der Waals surface area contributed by atoms with Gasteiger partial charge >= 0.3 is 0 Å². The van der Waals surface area contributed by atoms with E-state index in [-0.39, 0.29) is 11.9 Å². The van der Waals surface area contributed by atoms with Crippen LogP contribution in [0.1, 0.15) is 39.4 Å². The third kappa shape index (κ3) is 3.10. The fourth-order valence-corrected chi connectivity index (χ4v) is 1.92. The van der Waals surface area contributed by atoms with Crippen LogP contribution in [-0.4, -0.2) is 22.5 Å². The maximum atomic E-state index is 11.8. The van der Waals surface area contributed by atoms with Crippen LogP contribution >= 0.6 is 0 Å². The van der Waals surface area contributed by atoms with Gasteiger partial charge in [0.15, 0.2) is 0 Å². The van der Waals surface area contributed by atoms with Gasteiger partial charge in [-0.05, 0) is 19.8 Å². The summed E-state index contributed by atoms with van der Waals surface area (Å²) < 4.78 is 1.97. The summed E-state index contributed by atoms with van der Waals surface area (Å²) in [6.07, 6.45) is 3.52. The van der Waals surface area contributed by atoms with E-state index in [1.54, 1.807) is 19.6 Å². The fraction of sp³-hybridized carbons (Fsp3) is 0.692. The molecule has 0 spiro atoms. The molecule has 0 radical (unpaired) electrons. The summed E-state index contributed by atoms with van der Waals surface area (Å²) in [6, 6.07) is -0.0620. The molecule has 5 heteroatoms. The van der Waals surface area contributed by atoms with Crippen molar-refractivity contribution < 1.29 is 4.79 Å². The Kier molecular flexibility index (Phi) is 4.51. The Morgan fingerprint density at radius 1 is 1.56 bits per heavy atom. The minimum atomic E-state index is -0.485. The van der Waals surface area contributed by atoms with Crippen LogP contribution in [0.5, 0.6) is 0 Å². The van der Waals surface area contributed by atoms with Crippen LogP contribution in [-0.2, 0) is 11.3 Å². The van der Waals surface area contributed by atoms with Crippen LogP contribution in [0.3, 0.4) is 0 Å². The van der Waals surface area contributed by atoms with Crippen molar-refractivity contribution in [2.24, 2.45) is 17.1 Å². The van der Waals surface area contributed by atoms with Crippen molar-refractivity contribution >= 4 is 5.91 Å². The Bertz CT molecular complexity index is 409. The van der Waals surface area contributed by atoms with Crippen LogP contribution in [0.2, 0.25) is 0 Å². The molecular formula is C13H24N4O. The molecule has 102 valence electrons. The zero-order valence-corrected chi connectivity index (χ0v) is 11.9. The second-order valence-electron chi connectivity index (χ2n) is 5.68. The standard InChI is InChI=1S/C13H24N4O/c1-9(2)11(14)10-6-16-8-17(10)7-13(3,4)12(18)15-5/h6,8-9,11H,7,14H2,1-5H3,(H,15,18). The molecule has 1 aromatic rings. The quantitative estimate of drug-likeness (QED) is 0.830. The van der Waals surface area contributed by atoms with Crippen molar-refractivity contribution in [2.75, 3.05) is 7.05 Å². The van der Waals surface area contributed by atoms with Crippen molar-refractivity contribution in [2.45, 2.75) is 40.3 Å². The van der Waals surface area contributed by atoms with Crippen molar-refractivity contribution in [1.29, 1.82) is 0 Å². The summed E-state index contributed by atoms with van der Waals surface area (Å²) >= 11 is 0. The number of rotatable bonds is 5. The van der Waals surface area contributed by atoms with Gasteiger partial charge in [0.1, 0.15) is 0 Å². The Balaban J connectivity index is 2.93. The van der Waals surface area contributed by atoms with Gasteiger partial charge in [-0.1, -0.05) is 13.8 Å². The average Bonchev–Trinajstić information content (AvgIpc) is 2.73. The fourth-order valence-electron chi connectivity index (χ4n) is 1.92.